The first-order valence-electron chi connectivity index (χ1n) is 4.81. The van der Waals surface area contributed by atoms with Crippen molar-refractivity contribution in [1.82, 2.24) is 0 Å². The summed E-state index contributed by atoms with van der Waals surface area (Å²) >= 11 is 0. The van der Waals surface area contributed by atoms with E-state index in [1.807, 2.05) is 0 Å². The van der Waals surface area contributed by atoms with Crippen LogP contribution in [0.2, 0.25) is 0 Å². The van der Waals surface area contributed by atoms with Crippen molar-refractivity contribution in [3.05, 3.63) is 0 Å². The smallest absolute Gasteiger partial charge is 0.310 e. The van der Waals surface area contributed by atoms with Gasteiger partial charge in [0.05, 0.1) is 0 Å². The molecule has 0 radical (unpaired) electrons. The molecular weight excluding hydrogens is 220 g/mol. The molecule has 2 bridgehead atoms. The molecule has 2 fully saturated rings. The topological polar surface area (TPSA) is 113 Å². The van der Waals surface area contributed by atoms with E-state index in [0.717, 1.165) is 0 Å². The molecule has 6 atom stereocenters. The highest BCUT2D eigenvalue weighted by Crippen LogP contribution is 2.45. The van der Waals surface area contributed by atoms with E-state index in [-0.39, 0.29) is 0 Å². The number of ether oxygens (including phenoxy) is 2. The minimum Gasteiger partial charge on any atom is -0.481 e. The summed E-state index contributed by atoms with van der Waals surface area (Å²) in [5.41, 5.74) is 0. The van der Waals surface area contributed by atoms with Crippen molar-refractivity contribution in [2.45, 2.75) is 24.4 Å². The number of carboxylic acids is 2. The lowest BCUT2D eigenvalue weighted by molar-refractivity contribution is -0.159. The Bertz CT molecular complexity index is 328. The standard InChI is InChI=1S/C9H12O7/c1-15-7-4(10)5-2(8(11)12)3(9(13)14)6(7)16-5/h2-7,10H,1H3,(H,11,12)(H,13,14). The zero-order valence-electron chi connectivity index (χ0n) is 8.44. The largest absolute Gasteiger partial charge is 0.481 e. The van der Waals surface area contributed by atoms with Crippen LogP contribution in [0, 0.1) is 11.8 Å². The van der Waals surface area contributed by atoms with Crippen molar-refractivity contribution in [3.8, 4) is 0 Å². The monoisotopic (exact) mass is 232 g/mol. The number of hydrogen-bond acceptors (Lipinski definition) is 5. The number of hydrogen-bond donors (Lipinski definition) is 3. The minimum absolute atomic E-state index is 0.776. The SMILES string of the molecule is COC1C(O)C2OC1C(C(=O)O)C2C(=O)O. The van der Waals surface area contributed by atoms with Crippen LogP contribution in [0.3, 0.4) is 0 Å². The molecule has 0 saturated carbocycles. The maximum absolute atomic E-state index is 11.0. The second-order valence-corrected chi connectivity index (χ2v) is 3.98. The van der Waals surface area contributed by atoms with Gasteiger partial charge in [0.2, 0.25) is 0 Å². The Morgan fingerprint density at radius 3 is 2.06 bits per heavy atom. The third-order valence-corrected chi connectivity index (χ3v) is 3.25. The van der Waals surface area contributed by atoms with Crippen molar-refractivity contribution in [2.24, 2.45) is 11.8 Å². The van der Waals surface area contributed by atoms with E-state index >= 15 is 0 Å². The van der Waals surface area contributed by atoms with Gasteiger partial charge in [-0.3, -0.25) is 9.59 Å². The van der Waals surface area contributed by atoms with Gasteiger partial charge in [-0.05, 0) is 0 Å². The van der Waals surface area contributed by atoms with Gasteiger partial charge in [-0.1, -0.05) is 0 Å². The van der Waals surface area contributed by atoms with Crippen LogP contribution in [0.25, 0.3) is 0 Å². The fraction of sp³-hybridized carbons (Fsp3) is 0.778. The minimum atomic E-state index is -1.27. The summed E-state index contributed by atoms with van der Waals surface area (Å²) in [7, 11) is 1.33. The maximum atomic E-state index is 11.0. The highest BCUT2D eigenvalue weighted by Gasteiger charge is 2.64. The lowest BCUT2D eigenvalue weighted by Gasteiger charge is -2.30. The number of aliphatic hydroxyl groups is 1. The van der Waals surface area contributed by atoms with Gasteiger partial charge >= 0.3 is 11.9 Å². The molecule has 6 unspecified atom stereocenters. The van der Waals surface area contributed by atoms with Gasteiger partial charge in [0.25, 0.3) is 0 Å². The second kappa shape index (κ2) is 3.69. The first-order valence-corrected chi connectivity index (χ1v) is 4.81. The Kier molecular flexibility index (Phi) is 2.61. The van der Waals surface area contributed by atoms with E-state index in [1.165, 1.54) is 7.11 Å². The normalized spacial score (nSPS) is 45.9. The van der Waals surface area contributed by atoms with E-state index in [2.05, 4.69) is 0 Å². The quantitative estimate of drug-likeness (QED) is 0.545. The van der Waals surface area contributed by atoms with Crippen LogP contribution in [0.1, 0.15) is 0 Å². The van der Waals surface area contributed by atoms with Gasteiger partial charge in [0.15, 0.2) is 0 Å². The lowest BCUT2D eigenvalue weighted by atomic mass is 9.76. The summed E-state index contributed by atoms with van der Waals surface area (Å²) in [6, 6.07) is 0. The summed E-state index contributed by atoms with van der Waals surface area (Å²) in [6.45, 7) is 0. The number of carbonyl (C=O) groups is 2. The van der Waals surface area contributed by atoms with Gasteiger partial charge in [-0.15, -0.1) is 0 Å². The number of aliphatic carboxylic acids is 2. The van der Waals surface area contributed by atoms with Crippen molar-refractivity contribution in [2.75, 3.05) is 7.11 Å². The summed E-state index contributed by atoms with van der Waals surface area (Å²) < 4.78 is 10.1. The van der Waals surface area contributed by atoms with Gasteiger partial charge in [0, 0.05) is 7.11 Å². The lowest BCUT2D eigenvalue weighted by Crippen LogP contribution is -2.52. The summed E-state index contributed by atoms with van der Waals surface area (Å²) in [6.07, 6.45) is -3.77. The van der Waals surface area contributed by atoms with E-state index < -0.39 is 48.2 Å². The zero-order chi connectivity index (χ0) is 12.0. The predicted octanol–water partition coefficient (Wildman–Crippen LogP) is -1.46. The number of carboxylic acid groups (broad SMARTS) is 2. The van der Waals surface area contributed by atoms with Gasteiger partial charge < -0.3 is 24.8 Å². The van der Waals surface area contributed by atoms with Crippen LogP contribution in [-0.4, -0.2) is 58.8 Å². The molecule has 7 nitrogen and oxygen atoms in total. The van der Waals surface area contributed by atoms with Crippen molar-refractivity contribution >= 4 is 11.9 Å². The fourth-order valence-electron chi connectivity index (χ4n) is 2.58. The second-order valence-electron chi connectivity index (χ2n) is 3.98. The van der Waals surface area contributed by atoms with Crippen LogP contribution in [0.4, 0.5) is 0 Å². The van der Waals surface area contributed by atoms with Gasteiger partial charge in [-0.25, -0.2) is 0 Å². The zero-order valence-corrected chi connectivity index (χ0v) is 8.44. The highest BCUT2D eigenvalue weighted by molar-refractivity contribution is 5.82. The van der Waals surface area contributed by atoms with Crippen LogP contribution in [0.5, 0.6) is 0 Å². The van der Waals surface area contributed by atoms with Crippen LogP contribution in [-0.2, 0) is 19.1 Å². The Labute approximate surface area is 90.6 Å². The molecule has 90 valence electrons. The molecule has 2 heterocycles. The van der Waals surface area contributed by atoms with Gasteiger partial charge in [-0.2, -0.15) is 0 Å². The molecule has 0 amide bonds. The van der Waals surface area contributed by atoms with E-state index in [9.17, 15) is 14.7 Å². The fourth-order valence-corrected chi connectivity index (χ4v) is 2.58. The first-order chi connectivity index (χ1) is 7.49. The Morgan fingerprint density at radius 2 is 1.62 bits per heavy atom. The molecular formula is C9H12O7. The molecule has 0 aromatic rings. The maximum Gasteiger partial charge on any atom is 0.310 e. The molecule has 2 aliphatic heterocycles. The van der Waals surface area contributed by atoms with Crippen LogP contribution >= 0.6 is 0 Å². The molecule has 0 aliphatic carbocycles. The molecule has 16 heavy (non-hydrogen) atoms. The van der Waals surface area contributed by atoms with Crippen molar-refractivity contribution < 1.29 is 34.4 Å². The van der Waals surface area contributed by atoms with E-state index in [0.29, 0.717) is 0 Å². The van der Waals surface area contributed by atoms with E-state index in [1.54, 1.807) is 0 Å². The molecule has 2 saturated heterocycles. The molecule has 2 aliphatic rings. The molecule has 0 spiro atoms. The Balaban J connectivity index is 2.31. The molecule has 3 N–H and O–H groups in total. The first kappa shape index (κ1) is 11.3. The average Bonchev–Trinajstić information content (AvgIpc) is 2.71. The average molecular weight is 232 g/mol. The highest BCUT2D eigenvalue weighted by atomic mass is 16.6. The Hall–Kier alpha value is -1.18. The van der Waals surface area contributed by atoms with Crippen molar-refractivity contribution in [3.63, 3.8) is 0 Å². The third kappa shape index (κ3) is 1.32. The third-order valence-electron chi connectivity index (χ3n) is 3.25. The predicted molar refractivity (Wildman–Crippen MR) is 47.7 cm³/mol. The van der Waals surface area contributed by atoms with Crippen LogP contribution in [0.15, 0.2) is 0 Å². The molecule has 7 heteroatoms. The molecule has 0 aromatic heterocycles. The Morgan fingerprint density at radius 1 is 1.12 bits per heavy atom. The number of aliphatic hydroxyl groups excluding tert-OH is 1. The van der Waals surface area contributed by atoms with Gasteiger partial charge in [0.1, 0.15) is 36.3 Å². The summed E-state index contributed by atoms with van der Waals surface area (Å²) in [5.74, 6) is -4.90. The van der Waals surface area contributed by atoms with Crippen LogP contribution < -0.4 is 0 Å². The number of methoxy groups -OCH3 is 1. The summed E-state index contributed by atoms with van der Waals surface area (Å²) in [5, 5.41) is 27.6. The molecule has 2 rings (SSSR count). The van der Waals surface area contributed by atoms with E-state index in [4.69, 9.17) is 19.7 Å². The van der Waals surface area contributed by atoms with Crippen molar-refractivity contribution in [1.29, 1.82) is 0 Å². The summed E-state index contributed by atoms with van der Waals surface area (Å²) in [4.78, 5) is 21.9. The number of fused-ring (bicyclic) bond motifs is 2. The molecule has 0 aromatic carbocycles. The number of rotatable bonds is 3.